The molecule has 2 aliphatic rings. The standard InChI is InChI=1S/C22H29N3O/c1-2-19-23-13-15-25(19)14-12-20(26)24-22-18-11-7-6-10-17(18)21(22)16-8-4-3-5-9-16/h3-5,8-9,13,15,17-18,21-22H,2,6-7,10-12,14H2,1H3,(H,24,26)/t17-,18-,21+,22+/m1/s1. The van der Waals surface area contributed by atoms with E-state index in [1.807, 2.05) is 12.4 Å². The highest BCUT2D eigenvalue weighted by molar-refractivity contribution is 5.76. The molecule has 26 heavy (non-hydrogen) atoms. The first-order valence-corrected chi connectivity index (χ1v) is 10.1. The minimum absolute atomic E-state index is 0.177. The molecule has 2 saturated carbocycles. The number of hydrogen-bond acceptors (Lipinski definition) is 2. The van der Waals surface area contributed by atoms with Gasteiger partial charge in [-0.3, -0.25) is 4.79 Å². The molecule has 138 valence electrons. The summed E-state index contributed by atoms with van der Waals surface area (Å²) in [5.41, 5.74) is 1.39. The van der Waals surface area contributed by atoms with Gasteiger partial charge in [-0.05, 0) is 30.2 Å². The number of carbonyl (C=O) groups is 1. The van der Waals surface area contributed by atoms with Crippen molar-refractivity contribution in [3.63, 3.8) is 0 Å². The molecule has 0 aliphatic heterocycles. The van der Waals surface area contributed by atoms with Crippen LogP contribution in [0.1, 0.15) is 56.3 Å². The lowest BCUT2D eigenvalue weighted by molar-refractivity contribution is -0.125. The maximum atomic E-state index is 12.6. The van der Waals surface area contributed by atoms with Gasteiger partial charge >= 0.3 is 0 Å². The molecule has 1 N–H and O–H groups in total. The van der Waals surface area contributed by atoms with E-state index in [0.29, 0.717) is 30.8 Å². The number of aryl methyl sites for hydroxylation is 2. The number of carbonyl (C=O) groups excluding carboxylic acids is 1. The van der Waals surface area contributed by atoms with Gasteiger partial charge in [0, 0.05) is 43.7 Å². The van der Waals surface area contributed by atoms with E-state index in [1.54, 1.807) is 0 Å². The van der Waals surface area contributed by atoms with Gasteiger partial charge in [-0.15, -0.1) is 0 Å². The number of hydrogen-bond donors (Lipinski definition) is 1. The Kier molecular flexibility index (Phi) is 5.09. The maximum absolute atomic E-state index is 12.6. The van der Waals surface area contributed by atoms with Crippen molar-refractivity contribution in [1.82, 2.24) is 14.9 Å². The summed E-state index contributed by atoms with van der Waals surface area (Å²) >= 11 is 0. The second-order valence-corrected chi connectivity index (χ2v) is 7.78. The van der Waals surface area contributed by atoms with E-state index >= 15 is 0 Å². The van der Waals surface area contributed by atoms with Gasteiger partial charge in [-0.25, -0.2) is 4.98 Å². The molecule has 2 aliphatic carbocycles. The number of amides is 1. The number of fused-ring (bicyclic) bond motifs is 1. The first kappa shape index (κ1) is 17.3. The van der Waals surface area contributed by atoms with E-state index < -0.39 is 0 Å². The van der Waals surface area contributed by atoms with Crippen LogP contribution in [0.3, 0.4) is 0 Å². The molecular weight excluding hydrogens is 322 g/mol. The molecule has 1 amide bonds. The minimum Gasteiger partial charge on any atom is -0.352 e. The molecular formula is C22H29N3O. The largest absolute Gasteiger partial charge is 0.352 e. The summed E-state index contributed by atoms with van der Waals surface area (Å²) < 4.78 is 2.10. The molecule has 1 heterocycles. The molecule has 1 aromatic carbocycles. The molecule has 0 radical (unpaired) electrons. The number of imidazole rings is 1. The third-order valence-electron chi connectivity index (χ3n) is 6.39. The van der Waals surface area contributed by atoms with Crippen LogP contribution in [0.5, 0.6) is 0 Å². The van der Waals surface area contributed by atoms with Crippen LogP contribution in [-0.2, 0) is 17.8 Å². The highest BCUT2D eigenvalue weighted by Crippen LogP contribution is 2.54. The topological polar surface area (TPSA) is 46.9 Å². The van der Waals surface area contributed by atoms with Crippen LogP contribution in [0, 0.1) is 11.8 Å². The van der Waals surface area contributed by atoms with Crippen molar-refractivity contribution in [1.29, 1.82) is 0 Å². The van der Waals surface area contributed by atoms with E-state index in [9.17, 15) is 4.79 Å². The van der Waals surface area contributed by atoms with Crippen molar-refractivity contribution < 1.29 is 4.79 Å². The zero-order valence-electron chi connectivity index (χ0n) is 15.6. The molecule has 0 spiro atoms. The highest BCUT2D eigenvalue weighted by Gasteiger charge is 2.51. The normalized spacial score (nSPS) is 27.4. The highest BCUT2D eigenvalue weighted by atomic mass is 16.1. The third kappa shape index (κ3) is 3.29. The lowest BCUT2D eigenvalue weighted by atomic mass is 9.53. The molecule has 2 fully saturated rings. The van der Waals surface area contributed by atoms with E-state index in [0.717, 1.165) is 18.2 Å². The Morgan fingerprint density at radius 3 is 2.73 bits per heavy atom. The summed E-state index contributed by atoms with van der Waals surface area (Å²) in [5, 5.41) is 3.39. The van der Waals surface area contributed by atoms with Crippen LogP contribution in [0.25, 0.3) is 0 Å². The summed E-state index contributed by atoms with van der Waals surface area (Å²) in [6.45, 7) is 2.81. The second kappa shape index (κ2) is 7.65. The zero-order chi connectivity index (χ0) is 17.9. The monoisotopic (exact) mass is 351 g/mol. The summed E-state index contributed by atoms with van der Waals surface area (Å²) in [6.07, 6.45) is 10.4. The van der Waals surface area contributed by atoms with Crippen LogP contribution in [0.2, 0.25) is 0 Å². The average Bonchev–Trinajstić information content (AvgIpc) is 3.13. The van der Waals surface area contributed by atoms with Crippen LogP contribution >= 0.6 is 0 Å². The van der Waals surface area contributed by atoms with Crippen molar-refractivity contribution in [2.24, 2.45) is 11.8 Å². The summed E-state index contributed by atoms with van der Waals surface area (Å²) in [6, 6.07) is 11.1. The maximum Gasteiger partial charge on any atom is 0.222 e. The van der Waals surface area contributed by atoms with Gasteiger partial charge in [0.2, 0.25) is 5.91 Å². The van der Waals surface area contributed by atoms with Crippen molar-refractivity contribution in [3.05, 3.63) is 54.1 Å². The van der Waals surface area contributed by atoms with Crippen molar-refractivity contribution >= 4 is 5.91 Å². The first-order valence-electron chi connectivity index (χ1n) is 10.1. The number of aromatic nitrogens is 2. The minimum atomic E-state index is 0.177. The molecule has 4 nitrogen and oxygen atoms in total. The van der Waals surface area contributed by atoms with Gasteiger partial charge < -0.3 is 9.88 Å². The average molecular weight is 351 g/mol. The van der Waals surface area contributed by atoms with Crippen LogP contribution < -0.4 is 5.32 Å². The molecule has 0 unspecified atom stereocenters. The smallest absolute Gasteiger partial charge is 0.222 e. The molecule has 0 saturated heterocycles. The molecule has 4 heteroatoms. The number of rotatable bonds is 6. The lowest BCUT2D eigenvalue weighted by Gasteiger charge is -2.55. The molecule has 4 rings (SSSR count). The fourth-order valence-electron chi connectivity index (χ4n) is 5.13. The summed E-state index contributed by atoms with van der Waals surface area (Å²) in [7, 11) is 0. The van der Waals surface area contributed by atoms with Crippen molar-refractivity contribution in [2.45, 2.75) is 64.0 Å². The summed E-state index contributed by atoms with van der Waals surface area (Å²) in [4.78, 5) is 17.0. The SMILES string of the molecule is CCc1nccn1CCC(=O)N[C@H]1[C@@H]2CCCC[C@H]2[C@@H]1c1ccccc1. The number of nitrogens with one attached hydrogen (secondary N) is 1. The quantitative estimate of drug-likeness (QED) is 0.857. The van der Waals surface area contributed by atoms with Crippen LogP contribution in [0.4, 0.5) is 0 Å². The Morgan fingerprint density at radius 2 is 1.96 bits per heavy atom. The van der Waals surface area contributed by atoms with E-state index in [2.05, 4.69) is 52.1 Å². The van der Waals surface area contributed by atoms with E-state index in [-0.39, 0.29) is 5.91 Å². The van der Waals surface area contributed by atoms with Crippen LogP contribution in [0.15, 0.2) is 42.7 Å². The second-order valence-electron chi connectivity index (χ2n) is 7.78. The first-order chi connectivity index (χ1) is 12.8. The Hall–Kier alpha value is -2.10. The number of benzene rings is 1. The van der Waals surface area contributed by atoms with E-state index in [4.69, 9.17) is 0 Å². The Labute approximate surface area is 156 Å². The Bertz CT molecular complexity index is 739. The van der Waals surface area contributed by atoms with Crippen molar-refractivity contribution in [3.8, 4) is 0 Å². The zero-order valence-corrected chi connectivity index (χ0v) is 15.6. The third-order valence-corrected chi connectivity index (χ3v) is 6.39. The number of nitrogens with zero attached hydrogens (tertiary/aromatic N) is 2. The lowest BCUT2D eigenvalue weighted by Crippen LogP contribution is -2.59. The van der Waals surface area contributed by atoms with Crippen LogP contribution in [-0.4, -0.2) is 21.5 Å². The molecule has 2 aromatic rings. The van der Waals surface area contributed by atoms with Gasteiger partial charge in [0.25, 0.3) is 0 Å². The molecule has 4 atom stereocenters. The van der Waals surface area contributed by atoms with Gasteiger partial charge in [0.1, 0.15) is 5.82 Å². The fourth-order valence-corrected chi connectivity index (χ4v) is 5.13. The van der Waals surface area contributed by atoms with Gasteiger partial charge in [0.15, 0.2) is 0 Å². The van der Waals surface area contributed by atoms with Gasteiger partial charge in [-0.2, -0.15) is 0 Å². The van der Waals surface area contributed by atoms with Gasteiger partial charge in [0.05, 0.1) is 0 Å². The van der Waals surface area contributed by atoms with Crippen molar-refractivity contribution in [2.75, 3.05) is 0 Å². The molecule has 1 aromatic heterocycles. The Morgan fingerprint density at radius 1 is 1.19 bits per heavy atom. The summed E-state index contributed by atoms with van der Waals surface area (Å²) in [5.74, 6) is 3.13. The predicted octanol–water partition coefficient (Wildman–Crippen LogP) is 3.92. The fraction of sp³-hybridized carbons (Fsp3) is 0.545. The predicted molar refractivity (Wildman–Crippen MR) is 103 cm³/mol. The van der Waals surface area contributed by atoms with E-state index in [1.165, 1.54) is 31.2 Å². The molecule has 0 bridgehead atoms. The Balaban J connectivity index is 1.41. The van der Waals surface area contributed by atoms with Gasteiger partial charge in [-0.1, -0.05) is 50.1 Å².